The smallest absolute Gasteiger partial charge is 0.140 e. The quantitative estimate of drug-likeness (QED) is 0.707. The molecule has 0 spiro atoms. The van der Waals surface area contributed by atoms with Crippen LogP contribution in [-0.2, 0) is 0 Å². The van der Waals surface area contributed by atoms with Crippen molar-refractivity contribution < 1.29 is 9.13 Å². The highest BCUT2D eigenvalue weighted by molar-refractivity contribution is 7.17. The molecule has 2 aromatic carbocycles. The lowest BCUT2D eigenvalue weighted by molar-refractivity contribution is 0.197. The van der Waals surface area contributed by atoms with Gasteiger partial charge in [-0.2, -0.15) is 0 Å². The summed E-state index contributed by atoms with van der Waals surface area (Å²) in [5.74, 6) is 0.358. The minimum Gasteiger partial charge on any atom is -0.484 e. The number of rotatable bonds is 6. The molecule has 0 fully saturated rings. The number of hydrogen-bond donors (Lipinski definition) is 1. The van der Waals surface area contributed by atoms with E-state index in [0.717, 1.165) is 28.6 Å². The molecule has 114 valence electrons. The van der Waals surface area contributed by atoms with Gasteiger partial charge in [-0.05, 0) is 42.1 Å². The molecule has 1 heterocycles. The molecule has 22 heavy (non-hydrogen) atoms. The van der Waals surface area contributed by atoms with Gasteiger partial charge in [0.05, 0.1) is 4.70 Å². The molecule has 0 radical (unpaired) electrons. The summed E-state index contributed by atoms with van der Waals surface area (Å²) in [4.78, 5) is 0. The van der Waals surface area contributed by atoms with E-state index in [9.17, 15) is 4.39 Å². The summed E-state index contributed by atoms with van der Waals surface area (Å²) in [7, 11) is 1.92. The van der Waals surface area contributed by atoms with Crippen LogP contribution in [0.2, 0.25) is 0 Å². The first kappa shape index (κ1) is 15.0. The van der Waals surface area contributed by atoms with Crippen LogP contribution < -0.4 is 10.1 Å². The molecule has 0 aliphatic heterocycles. The van der Waals surface area contributed by atoms with Crippen molar-refractivity contribution in [2.75, 3.05) is 13.6 Å². The average Bonchev–Trinajstić information content (AvgIpc) is 3.00. The normalized spacial score (nSPS) is 12.5. The van der Waals surface area contributed by atoms with E-state index in [-0.39, 0.29) is 11.9 Å². The van der Waals surface area contributed by atoms with Gasteiger partial charge in [-0.3, -0.25) is 0 Å². The zero-order valence-electron chi connectivity index (χ0n) is 12.4. The Morgan fingerprint density at radius 1 is 1.18 bits per heavy atom. The molecule has 1 atom stereocenters. The third-order valence-electron chi connectivity index (χ3n) is 3.58. The Bertz CT molecular complexity index is 741. The molecule has 0 amide bonds. The first-order valence-electron chi connectivity index (χ1n) is 7.31. The Kier molecular flexibility index (Phi) is 4.71. The van der Waals surface area contributed by atoms with E-state index in [4.69, 9.17) is 4.74 Å². The van der Waals surface area contributed by atoms with Crippen LogP contribution in [0.5, 0.6) is 5.75 Å². The van der Waals surface area contributed by atoms with Crippen LogP contribution in [0.25, 0.3) is 10.1 Å². The number of nitrogens with one attached hydrogen (secondary N) is 1. The number of halogens is 1. The molecule has 0 aliphatic rings. The minimum absolute atomic E-state index is 0.0965. The summed E-state index contributed by atoms with van der Waals surface area (Å²) in [6.45, 7) is 0.836. The van der Waals surface area contributed by atoms with Crippen LogP contribution in [0.4, 0.5) is 4.39 Å². The summed E-state index contributed by atoms with van der Waals surface area (Å²) in [6, 6.07) is 15.0. The summed E-state index contributed by atoms with van der Waals surface area (Å²) in [5.41, 5.74) is 1.10. The fraction of sp³-hybridized carbons (Fsp3) is 0.222. The third-order valence-corrected chi connectivity index (χ3v) is 4.52. The summed E-state index contributed by atoms with van der Waals surface area (Å²) in [6.07, 6.45) is 0.727. The predicted octanol–water partition coefficient (Wildman–Crippen LogP) is 4.77. The fourth-order valence-electron chi connectivity index (χ4n) is 2.49. The van der Waals surface area contributed by atoms with Crippen molar-refractivity contribution in [2.24, 2.45) is 0 Å². The average molecular weight is 315 g/mol. The maximum absolute atomic E-state index is 13.8. The number of benzene rings is 2. The van der Waals surface area contributed by atoms with E-state index in [1.807, 2.05) is 48.8 Å². The molecule has 4 heteroatoms. The minimum atomic E-state index is -0.263. The van der Waals surface area contributed by atoms with Gasteiger partial charge in [0, 0.05) is 12.5 Å². The molecule has 0 aliphatic carbocycles. The van der Waals surface area contributed by atoms with Crippen molar-refractivity contribution in [3.05, 3.63) is 65.3 Å². The van der Waals surface area contributed by atoms with E-state index in [1.165, 1.54) is 6.07 Å². The zero-order chi connectivity index (χ0) is 15.4. The second kappa shape index (κ2) is 6.90. The SMILES string of the molecule is CNCC[C@H](Oc1cc(F)cc2ccsc12)c1ccccc1. The van der Waals surface area contributed by atoms with Crippen molar-refractivity contribution in [1.29, 1.82) is 0 Å². The standard InChI is InChI=1S/C18H18FNOS/c1-20-9-7-16(13-5-3-2-4-6-13)21-17-12-15(19)11-14-8-10-22-18(14)17/h2-6,8,10-12,16,20H,7,9H2,1H3/t16-/m0/s1. The van der Waals surface area contributed by atoms with Gasteiger partial charge in [0.2, 0.25) is 0 Å². The van der Waals surface area contributed by atoms with Crippen LogP contribution in [0, 0.1) is 5.82 Å². The van der Waals surface area contributed by atoms with Crippen molar-refractivity contribution >= 4 is 21.4 Å². The van der Waals surface area contributed by atoms with E-state index in [1.54, 1.807) is 17.4 Å². The predicted molar refractivity (Wildman–Crippen MR) is 90.1 cm³/mol. The number of ether oxygens (including phenoxy) is 1. The Morgan fingerprint density at radius 3 is 2.77 bits per heavy atom. The van der Waals surface area contributed by atoms with Crippen LogP contribution in [0.15, 0.2) is 53.9 Å². The molecule has 0 bridgehead atoms. The third kappa shape index (κ3) is 3.29. The van der Waals surface area contributed by atoms with Gasteiger partial charge in [0.15, 0.2) is 0 Å². The van der Waals surface area contributed by atoms with Crippen LogP contribution >= 0.6 is 11.3 Å². The Balaban J connectivity index is 1.93. The maximum atomic E-state index is 13.8. The molecule has 1 N–H and O–H groups in total. The maximum Gasteiger partial charge on any atom is 0.140 e. The second-order valence-corrected chi connectivity index (χ2v) is 6.07. The summed E-state index contributed by atoms with van der Waals surface area (Å²) in [5, 5.41) is 6.00. The molecule has 2 nitrogen and oxygen atoms in total. The van der Waals surface area contributed by atoms with Gasteiger partial charge in [-0.25, -0.2) is 4.39 Å². The van der Waals surface area contributed by atoms with E-state index >= 15 is 0 Å². The lowest BCUT2D eigenvalue weighted by Gasteiger charge is -2.20. The zero-order valence-corrected chi connectivity index (χ0v) is 13.2. The van der Waals surface area contributed by atoms with Crippen molar-refractivity contribution in [3.63, 3.8) is 0 Å². The van der Waals surface area contributed by atoms with Crippen LogP contribution in [-0.4, -0.2) is 13.6 Å². The van der Waals surface area contributed by atoms with Crippen molar-refractivity contribution in [3.8, 4) is 5.75 Å². The van der Waals surface area contributed by atoms with Gasteiger partial charge >= 0.3 is 0 Å². The van der Waals surface area contributed by atoms with Gasteiger partial charge in [-0.1, -0.05) is 30.3 Å². The number of thiophene rings is 1. The monoisotopic (exact) mass is 315 g/mol. The molecule has 3 rings (SSSR count). The first-order chi connectivity index (χ1) is 10.8. The van der Waals surface area contributed by atoms with Crippen molar-refractivity contribution in [2.45, 2.75) is 12.5 Å². The van der Waals surface area contributed by atoms with Crippen LogP contribution in [0.1, 0.15) is 18.1 Å². The summed E-state index contributed by atoms with van der Waals surface area (Å²) >= 11 is 1.58. The Hall–Kier alpha value is -1.91. The van der Waals surface area contributed by atoms with E-state index in [2.05, 4.69) is 5.32 Å². The lowest BCUT2D eigenvalue weighted by Crippen LogP contribution is -2.16. The fourth-order valence-corrected chi connectivity index (χ4v) is 3.33. The highest BCUT2D eigenvalue weighted by Crippen LogP contribution is 2.35. The summed E-state index contributed by atoms with van der Waals surface area (Å²) < 4.78 is 21.0. The molecule has 0 unspecified atom stereocenters. The first-order valence-corrected chi connectivity index (χ1v) is 8.19. The highest BCUT2D eigenvalue weighted by atomic mass is 32.1. The Labute approximate surface area is 133 Å². The van der Waals surface area contributed by atoms with Crippen LogP contribution in [0.3, 0.4) is 0 Å². The Morgan fingerprint density at radius 2 is 2.00 bits per heavy atom. The van der Waals surface area contributed by atoms with Gasteiger partial charge < -0.3 is 10.1 Å². The largest absolute Gasteiger partial charge is 0.484 e. The molecular weight excluding hydrogens is 297 g/mol. The van der Waals surface area contributed by atoms with E-state index < -0.39 is 0 Å². The van der Waals surface area contributed by atoms with Gasteiger partial charge in [0.25, 0.3) is 0 Å². The topological polar surface area (TPSA) is 21.3 Å². The molecular formula is C18H18FNOS. The van der Waals surface area contributed by atoms with Gasteiger partial charge in [0.1, 0.15) is 17.7 Å². The van der Waals surface area contributed by atoms with Crippen molar-refractivity contribution in [1.82, 2.24) is 5.32 Å². The van der Waals surface area contributed by atoms with E-state index in [0.29, 0.717) is 5.75 Å². The number of hydrogen-bond acceptors (Lipinski definition) is 3. The molecule has 1 aromatic heterocycles. The second-order valence-electron chi connectivity index (χ2n) is 5.15. The molecule has 0 saturated heterocycles. The molecule has 3 aromatic rings. The molecule has 0 saturated carbocycles. The highest BCUT2D eigenvalue weighted by Gasteiger charge is 2.16. The number of fused-ring (bicyclic) bond motifs is 1. The van der Waals surface area contributed by atoms with Gasteiger partial charge in [-0.15, -0.1) is 11.3 Å². The lowest BCUT2D eigenvalue weighted by atomic mass is 10.1.